The molecule has 5 rings (SSSR count). The highest BCUT2D eigenvalue weighted by Crippen LogP contribution is 2.44. The number of nitrogens with one attached hydrogen (secondary N) is 1. The number of rotatable bonds is 5. The highest BCUT2D eigenvalue weighted by Gasteiger charge is 2.42. The van der Waals surface area contributed by atoms with Crippen LogP contribution in [-0.4, -0.2) is 25.7 Å². The first-order chi connectivity index (χ1) is 16.9. The third kappa shape index (κ3) is 4.07. The lowest BCUT2D eigenvalue weighted by Crippen LogP contribution is -2.29. The molecule has 0 bridgehead atoms. The van der Waals surface area contributed by atoms with Gasteiger partial charge in [-0.2, -0.15) is 0 Å². The molecular formula is C27H23ClN4O2S. The SMILES string of the molecule is Cc1cc([C@H]2[C@@H](c3ccccn3)NC(=S)N2c2ccc(Cl)cc2)c(C)n1-c1ccccc1C(=O)O. The maximum atomic E-state index is 12.0. The zero-order valence-electron chi connectivity index (χ0n) is 19.1. The molecule has 3 heterocycles. The number of carboxylic acid groups (broad SMARTS) is 1. The monoisotopic (exact) mass is 502 g/mol. The van der Waals surface area contributed by atoms with E-state index in [-0.39, 0.29) is 17.6 Å². The van der Waals surface area contributed by atoms with E-state index in [0.29, 0.717) is 15.8 Å². The minimum atomic E-state index is -0.965. The zero-order valence-corrected chi connectivity index (χ0v) is 20.7. The van der Waals surface area contributed by atoms with Crippen LogP contribution in [0.25, 0.3) is 5.69 Å². The van der Waals surface area contributed by atoms with E-state index < -0.39 is 5.97 Å². The predicted molar refractivity (Wildman–Crippen MR) is 142 cm³/mol. The Kier molecular flexibility index (Phi) is 6.05. The minimum absolute atomic E-state index is 0.206. The van der Waals surface area contributed by atoms with Crippen molar-refractivity contribution < 1.29 is 9.90 Å². The molecule has 4 aromatic rings. The van der Waals surface area contributed by atoms with Crippen LogP contribution in [0.2, 0.25) is 5.02 Å². The number of aryl methyl sites for hydroxylation is 1. The molecule has 1 aliphatic heterocycles. The van der Waals surface area contributed by atoms with E-state index >= 15 is 0 Å². The van der Waals surface area contributed by atoms with Gasteiger partial charge in [0.25, 0.3) is 0 Å². The molecule has 0 amide bonds. The third-order valence-electron chi connectivity index (χ3n) is 6.37. The molecule has 6 nitrogen and oxygen atoms in total. The number of carboxylic acids is 1. The Labute approximate surface area is 213 Å². The van der Waals surface area contributed by atoms with E-state index in [1.165, 1.54) is 0 Å². The first-order valence-corrected chi connectivity index (χ1v) is 11.9. The summed E-state index contributed by atoms with van der Waals surface area (Å²) in [6.07, 6.45) is 1.77. The number of nitrogens with zero attached hydrogens (tertiary/aromatic N) is 3. The summed E-state index contributed by atoms with van der Waals surface area (Å²) in [5.74, 6) is -0.965. The van der Waals surface area contributed by atoms with Crippen LogP contribution in [0.3, 0.4) is 0 Å². The Morgan fingerprint density at radius 2 is 1.77 bits per heavy atom. The van der Waals surface area contributed by atoms with Gasteiger partial charge in [0.1, 0.15) is 0 Å². The van der Waals surface area contributed by atoms with Crippen molar-refractivity contribution in [2.75, 3.05) is 4.90 Å². The summed E-state index contributed by atoms with van der Waals surface area (Å²) in [6, 6.07) is 22.1. The fourth-order valence-electron chi connectivity index (χ4n) is 4.86. The van der Waals surface area contributed by atoms with Crippen LogP contribution in [0.15, 0.2) is 79.0 Å². The van der Waals surface area contributed by atoms with Crippen LogP contribution in [0, 0.1) is 13.8 Å². The highest BCUT2D eigenvalue weighted by atomic mass is 35.5. The van der Waals surface area contributed by atoms with Crippen molar-refractivity contribution in [1.82, 2.24) is 14.9 Å². The zero-order chi connectivity index (χ0) is 24.7. The Morgan fingerprint density at radius 1 is 1.06 bits per heavy atom. The van der Waals surface area contributed by atoms with E-state index in [0.717, 1.165) is 28.3 Å². The van der Waals surface area contributed by atoms with E-state index in [4.69, 9.17) is 23.8 Å². The van der Waals surface area contributed by atoms with Gasteiger partial charge in [0.05, 0.1) is 29.0 Å². The molecule has 2 aromatic heterocycles. The van der Waals surface area contributed by atoms with Crippen LogP contribution in [0.5, 0.6) is 0 Å². The van der Waals surface area contributed by atoms with Crippen molar-refractivity contribution in [3.05, 3.63) is 112 Å². The smallest absolute Gasteiger partial charge is 0.337 e. The van der Waals surface area contributed by atoms with Crippen molar-refractivity contribution in [1.29, 1.82) is 0 Å². The maximum absolute atomic E-state index is 12.0. The summed E-state index contributed by atoms with van der Waals surface area (Å²) in [4.78, 5) is 18.7. The van der Waals surface area contributed by atoms with Gasteiger partial charge in [-0.25, -0.2) is 4.79 Å². The van der Waals surface area contributed by atoms with E-state index in [1.807, 2.05) is 73.0 Å². The number of anilines is 1. The lowest BCUT2D eigenvalue weighted by atomic mass is 9.96. The molecular weight excluding hydrogens is 480 g/mol. The van der Waals surface area contributed by atoms with Crippen molar-refractivity contribution in [3.63, 3.8) is 0 Å². The molecule has 2 atom stereocenters. The lowest BCUT2D eigenvalue weighted by Gasteiger charge is -2.28. The van der Waals surface area contributed by atoms with Crippen molar-refractivity contribution in [3.8, 4) is 5.69 Å². The largest absolute Gasteiger partial charge is 0.478 e. The summed E-state index contributed by atoms with van der Waals surface area (Å²) >= 11 is 12.0. The van der Waals surface area contributed by atoms with Gasteiger partial charge in [-0.3, -0.25) is 4.98 Å². The van der Waals surface area contributed by atoms with Gasteiger partial charge < -0.3 is 19.9 Å². The molecule has 1 fully saturated rings. The molecule has 0 aliphatic carbocycles. The number of hydrogen-bond donors (Lipinski definition) is 2. The average molecular weight is 503 g/mol. The number of hydrogen-bond acceptors (Lipinski definition) is 3. The molecule has 0 unspecified atom stereocenters. The van der Waals surface area contributed by atoms with Crippen LogP contribution < -0.4 is 10.2 Å². The number of carbonyl (C=O) groups is 1. The fourth-order valence-corrected chi connectivity index (χ4v) is 5.33. The molecule has 1 saturated heterocycles. The van der Waals surface area contributed by atoms with Crippen molar-refractivity contribution in [2.45, 2.75) is 25.9 Å². The fraction of sp³-hybridized carbons (Fsp3) is 0.148. The van der Waals surface area contributed by atoms with Crippen LogP contribution >= 0.6 is 23.8 Å². The normalized spacial score (nSPS) is 17.5. The second-order valence-corrected chi connectivity index (χ2v) is 9.28. The third-order valence-corrected chi connectivity index (χ3v) is 6.93. The number of para-hydroxylation sites is 1. The Morgan fingerprint density at radius 3 is 2.46 bits per heavy atom. The van der Waals surface area contributed by atoms with Gasteiger partial charge in [-0.1, -0.05) is 29.8 Å². The second kappa shape index (κ2) is 9.17. The van der Waals surface area contributed by atoms with Crippen LogP contribution in [0.4, 0.5) is 5.69 Å². The van der Waals surface area contributed by atoms with Gasteiger partial charge in [-0.05, 0) is 86.2 Å². The van der Waals surface area contributed by atoms with E-state index in [1.54, 1.807) is 18.3 Å². The van der Waals surface area contributed by atoms with Crippen LogP contribution in [0.1, 0.15) is 45.1 Å². The molecule has 8 heteroatoms. The summed E-state index contributed by atoms with van der Waals surface area (Å²) < 4.78 is 2.00. The van der Waals surface area contributed by atoms with Gasteiger partial charge in [0.15, 0.2) is 5.11 Å². The topological polar surface area (TPSA) is 70.4 Å². The Bertz CT molecular complexity index is 1420. The molecule has 2 aromatic carbocycles. The van der Waals surface area contributed by atoms with Gasteiger partial charge >= 0.3 is 5.97 Å². The number of aromatic nitrogens is 2. The lowest BCUT2D eigenvalue weighted by molar-refractivity contribution is 0.0697. The number of benzene rings is 2. The number of halogens is 1. The van der Waals surface area contributed by atoms with Gasteiger partial charge in [-0.15, -0.1) is 0 Å². The summed E-state index contributed by atoms with van der Waals surface area (Å²) in [7, 11) is 0. The molecule has 0 radical (unpaired) electrons. The average Bonchev–Trinajstić information content (AvgIpc) is 3.35. The Balaban J connectivity index is 1.70. The first kappa shape index (κ1) is 23.1. The van der Waals surface area contributed by atoms with Crippen molar-refractivity contribution >= 4 is 40.6 Å². The quantitative estimate of drug-likeness (QED) is 0.325. The standard InChI is InChI=1S/C27H23ClN4O2S/c1-16-15-21(17(2)31(16)23-9-4-3-7-20(23)26(33)34)25-24(22-8-5-6-14-29-22)30-27(35)32(25)19-12-10-18(28)11-13-19/h3-15,24-25H,1-2H3,(H,30,35)(H,33,34)/t24-,25+/m1/s1. The van der Waals surface area contributed by atoms with E-state index in [9.17, 15) is 9.90 Å². The molecule has 2 N–H and O–H groups in total. The highest BCUT2D eigenvalue weighted by molar-refractivity contribution is 7.80. The molecule has 35 heavy (non-hydrogen) atoms. The van der Waals surface area contributed by atoms with Crippen LogP contribution in [-0.2, 0) is 0 Å². The molecule has 0 saturated carbocycles. The predicted octanol–water partition coefficient (Wildman–Crippen LogP) is 6.02. The summed E-state index contributed by atoms with van der Waals surface area (Å²) in [5, 5.41) is 14.5. The number of aromatic carboxylic acids is 1. The first-order valence-electron chi connectivity index (χ1n) is 11.1. The minimum Gasteiger partial charge on any atom is -0.478 e. The number of pyridine rings is 1. The van der Waals surface area contributed by atoms with Gasteiger partial charge in [0, 0.05) is 28.3 Å². The van der Waals surface area contributed by atoms with Gasteiger partial charge in [0.2, 0.25) is 0 Å². The number of thiocarbonyl (C=S) groups is 1. The van der Waals surface area contributed by atoms with E-state index in [2.05, 4.69) is 21.3 Å². The van der Waals surface area contributed by atoms with Crippen molar-refractivity contribution in [2.24, 2.45) is 0 Å². The maximum Gasteiger partial charge on any atom is 0.337 e. The summed E-state index contributed by atoms with van der Waals surface area (Å²) in [6.45, 7) is 4.00. The Hall–Kier alpha value is -3.68. The molecule has 176 valence electrons. The molecule has 0 spiro atoms. The molecule has 1 aliphatic rings. The summed E-state index contributed by atoms with van der Waals surface area (Å²) in [5.41, 5.74) is 5.55. The second-order valence-electron chi connectivity index (χ2n) is 8.46.